The maximum atomic E-state index is 13.4. The first kappa shape index (κ1) is 28.3. The minimum absolute atomic E-state index is 0.0121. The monoisotopic (exact) mass is 582 g/mol. The van der Waals surface area contributed by atoms with Crippen LogP contribution in [0, 0.1) is 0 Å². The van der Waals surface area contributed by atoms with E-state index in [1.807, 2.05) is 4.90 Å². The lowest BCUT2D eigenvalue weighted by atomic mass is 10.0. The highest BCUT2D eigenvalue weighted by atomic mass is 35.5. The number of ether oxygens (including phenoxy) is 2. The second kappa shape index (κ2) is 12.4. The fourth-order valence-electron chi connectivity index (χ4n) is 4.99. The highest BCUT2D eigenvalue weighted by Crippen LogP contribution is 2.36. The summed E-state index contributed by atoms with van der Waals surface area (Å²) in [5.41, 5.74) is 0. The van der Waals surface area contributed by atoms with E-state index in [1.54, 1.807) is 0 Å². The fraction of sp³-hybridized carbons (Fsp3) is 0.696. The first-order valence-corrected chi connectivity index (χ1v) is 14.8. The second-order valence-corrected chi connectivity index (χ2v) is 12.5. The Morgan fingerprint density at radius 1 is 1.03 bits per heavy atom. The molecule has 9 nitrogen and oxygen atoms in total. The number of amides is 1. The van der Waals surface area contributed by atoms with Gasteiger partial charge in [-0.05, 0) is 45.1 Å². The molecule has 0 spiro atoms. The second-order valence-electron chi connectivity index (χ2n) is 9.48. The molecule has 3 fully saturated rings. The Labute approximate surface area is 228 Å². The number of carbonyl (C=O) groups is 1. The van der Waals surface area contributed by atoms with Crippen LogP contribution in [0.4, 0.5) is 0 Å². The molecule has 1 aromatic rings. The van der Waals surface area contributed by atoms with Crippen LogP contribution in [0.3, 0.4) is 0 Å². The lowest BCUT2D eigenvalue weighted by Crippen LogP contribution is -2.54. The zero-order valence-corrected chi connectivity index (χ0v) is 23.5. The average molecular weight is 584 g/mol. The van der Waals surface area contributed by atoms with Gasteiger partial charge in [0, 0.05) is 38.8 Å². The molecule has 1 atom stereocenters. The molecule has 0 radical (unpaired) electrons. The normalized spacial score (nSPS) is 23.8. The third kappa shape index (κ3) is 6.47. The number of sulfonamides is 1. The van der Waals surface area contributed by atoms with E-state index in [4.69, 9.17) is 44.3 Å². The van der Waals surface area contributed by atoms with E-state index < -0.39 is 16.1 Å². The van der Waals surface area contributed by atoms with Crippen LogP contribution >= 0.6 is 34.8 Å². The van der Waals surface area contributed by atoms with Crippen molar-refractivity contribution in [3.63, 3.8) is 0 Å². The minimum Gasteiger partial charge on any atom is -0.378 e. The number of piperidine rings is 1. The molecule has 0 saturated carbocycles. The minimum atomic E-state index is -3.98. The lowest BCUT2D eigenvalue weighted by Gasteiger charge is -2.42. The Morgan fingerprint density at radius 2 is 1.72 bits per heavy atom. The van der Waals surface area contributed by atoms with E-state index in [9.17, 15) is 13.2 Å². The Bertz CT molecular complexity index is 1030. The van der Waals surface area contributed by atoms with Crippen LogP contribution < -0.4 is 0 Å². The molecule has 0 aromatic heterocycles. The smallest absolute Gasteiger partial charge is 0.248 e. The predicted molar refractivity (Wildman–Crippen MR) is 139 cm³/mol. The molecular formula is C23H33Cl3N4O5S. The molecule has 0 N–H and O–H groups in total. The number of carbonyl (C=O) groups excluding carboxylic acids is 1. The molecule has 3 heterocycles. The van der Waals surface area contributed by atoms with Gasteiger partial charge in [0.15, 0.2) is 0 Å². The Hall–Kier alpha value is -0.690. The van der Waals surface area contributed by atoms with Gasteiger partial charge in [-0.1, -0.05) is 34.8 Å². The summed E-state index contributed by atoms with van der Waals surface area (Å²) in [5, 5.41) is 0.0417. The molecule has 0 unspecified atom stereocenters. The van der Waals surface area contributed by atoms with Crippen LogP contribution in [0.1, 0.15) is 12.8 Å². The van der Waals surface area contributed by atoms with Gasteiger partial charge in [-0.2, -0.15) is 4.31 Å². The van der Waals surface area contributed by atoms with Crippen molar-refractivity contribution < 1.29 is 22.7 Å². The predicted octanol–water partition coefficient (Wildman–Crippen LogP) is 2.29. The summed E-state index contributed by atoms with van der Waals surface area (Å²) >= 11 is 18.2. The molecule has 0 aliphatic carbocycles. The summed E-state index contributed by atoms with van der Waals surface area (Å²) in [6, 6.07) is 2.75. The van der Waals surface area contributed by atoms with Crippen LogP contribution in [0.25, 0.3) is 0 Å². The van der Waals surface area contributed by atoms with Crippen LogP contribution in [0.15, 0.2) is 17.0 Å². The van der Waals surface area contributed by atoms with Crippen LogP contribution in [0.5, 0.6) is 0 Å². The summed E-state index contributed by atoms with van der Waals surface area (Å²) in [7, 11) is -1.82. The van der Waals surface area contributed by atoms with Gasteiger partial charge in [0.1, 0.15) is 11.5 Å². The molecule has 1 amide bonds. The number of piperazine rings is 1. The molecule has 13 heteroatoms. The SMILES string of the molecule is CN1CCC(N2CCN(C(=O)COC[C@@H]3COCCN3S(=O)(=O)c3ccc(Cl)c(Cl)c3Cl)CC2)CC1. The molecule has 3 aliphatic rings. The molecule has 202 valence electrons. The molecule has 4 rings (SSSR count). The van der Waals surface area contributed by atoms with Crippen LogP contribution in [0.2, 0.25) is 15.1 Å². The number of rotatable bonds is 7. The summed E-state index contributed by atoms with van der Waals surface area (Å²) < 4.78 is 39.2. The number of benzene rings is 1. The van der Waals surface area contributed by atoms with Crippen molar-refractivity contribution in [3.8, 4) is 0 Å². The summed E-state index contributed by atoms with van der Waals surface area (Å²) in [4.78, 5) is 19.3. The van der Waals surface area contributed by atoms with Crippen molar-refractivity contribution in [3.05, 3.63) is 27.2 Å². The van der Waals surface area contributed by atoms with Crippen molar-refractivity contribution in [2.75, 3.05) is 79.3 Å². The molecule has 1 aromatic carbocycles. The number of halogens is 3. The van der Waals surface area contributed by atoms with Crippen LogP contribution in [-0.2, 0) is 24.3 Å². The van der Waals surface area contributed by atoms with Gasteiger partial charge >= 0.3 is 0 Å². The third-order valence-electron chi connectivity index (χ3n) is 7.17. The summed E-state index contributed by atoms with van der Waals surface area (Å²) in [5.74, 6) is -0.0864. The highest BCUT2D eigenvalue weighted by Gasteiger charge is 2.36. The largest absolute Gasteiger partial charge is 0.378 e. The number of nitrogens with zero attached hydrogens (tertiary/aromatic N) is 4. The molecule has 3 saturated heterocycles. The third-order valence-corrected chi connectivity index (χ3v) is 10.6. The van der Waals surface area contributed by atoms with E-state index in [0.717, 1.165) is 26.2 Å². The Kier molecular flexibility index (Phi) is 9.79. The summed E-state index contributed by atoms with van der Waals surface area (Å²) in [6.07, 6.45) is 2.34. The van der Waals surface area contributed by atoms with Crippen molar-refractivity contribution in [2.24, 2.45) is 0 Å². The fourth-order valence-corrected chi connectivity index (χ4v) is 7.53. The summed E-state index contributed by atoms with van der Waals surface area (Å²) in [6.45, 7) is 5.79. The zero-order chi connectivity index (χ0) is 25.9. The number of hydrogen-bond acceptors (Lipinski definition) is 7. The van der Waals surface area contributed by atoms with Gasteiger partial charge in [-0.25, -0.2) is 8.42 Å². The van der Waals surface area contributed by atoms with Crippen molar-refractivity contribution in [2.45, 2.75) is 29.8 Å². The zero-order valence-electron chi connectivity index (χ0n) is 20.4. The maximum absolute atomic E-state index is 13.4. The Morgan fingerprint density at radius 3 is 2.42 bits per heavy atom. The van der Waals surface area contributed by atoms with Gasteiger partial charge in [0.05, 0.1) is 40.9 Å². The topological polar surface area (TPSA) is 82.6 Å². The lowest BCUT2D eigenvalue weighted by molar-refractivity contribution is -0.139. The Balaban J connectivity index is 1.28. The molecular weight excluding hydrogens is 551 g/mol. The number of likely N-dealkylation sites (tertiary alicyclic amines) is 1. The quantitative estimate of drug-likeness (QED) is 0.456. The van der Waals surface area contributed by atoms with Crippen LogP contribution in [-0.4, -0.2) is 125 Å². The van der Waals surface area contributed by atoms with Gasteiger partial charge in [-0.3, -0.25) is 9.69 Å². The van der Waals surface area contributed by atoms with Gasteiger partial charge < -0.3 is 19.3 Å². The molecule has 36 heavy (non-hydrogen) atoms. The van der Waals surface area contributed by atoms with Crippen molar-refractivity contribution in [1.29, 1.82) is 0 Å². The van der Waals surface area contributed by atoms with E-state index >= 15 is 0 Å². The number of hydrogen-bond donors (Lipinski definition) is 0. The van der Waals surface area contributed by atoms with Crippen molar-refractivity contribution in [1.82, 2.24) is 19.0 Å². The van der Waals surface area contributed by atoms with E-state index in [1.165, 1.54) is 29.3 Å². The maximum Gasteiger partial charge on any atom is 0.248 e. The van der Waals surface area contributed by atoms with Crippen molar-refractivity contribution >= 4 is 50.7 Å². The number of morpholine rings is 1. The van der Waals surface area contributed by atoms with E-state index in [0.29, 0.717) is 19.1 Å². The highest BCUT2D eigenvalue weighted by molar-refractivity contribution is 7.89. The molecule has 0 bridgehead atoms. The first-order chi connectivity index (χ1) is 17.2. The van der Waals surface area contributed by atoms with Gasteiger partial charge in [0.2, 0.25) is 15.9 Å². The molecule has 3 aliphatic heterocycles. The first-order valence-electron chi connectivity index (χ1n) is 12.2. The van der Waals surface area contributed by atoms with E-state index in [2.05, 4.69) is 16.8 Å². The standard InChI is InChI=1S/C23H33Cl3N4O5S/c1-27-6-4-17(5-7-27)28-8-10-29(11-9-28)21(31)16-35-15-18-14-34-13-12-30(18)36(32,33)20-3-2-19(24)22(25)23(20)26/h2-3,17-18H,4-16H2,1H3/t18-/m0/s1. The van der Waals surface area contributed by atoms with Gasteiger partial charge in [0.25, 0.3) is 0 Å². The van der Waals surface area contributed by atoms with E-state index in [-0.39, 0.29) is 58.8 Å². The average Bonchev–Trinajstić information content (AvgIpc) is 2.88. The van der Waals surface area contributed by atoms with Gasteiger partial charge in [-0.15, -0.1) is 0 Å².